The Kier molecular flexibility index (Phi) is 5.80. The van der Waals surface area contributed by atoms with Gasteiger partial charge in [-0.25, -0.2) is 4.39 Å². The first-order chi connectivity index (χ1) is 11.7. The van der Waals surface area contributed by atoms with Crippen LogP contribution in [0.5, 0.6) is 0 Å². The van der Waals surface area contributed by atoms with E-state index in [1.54, 1.807) is 19.1 Å². The van der Waals surface area contributed by atoms with Crippen molar-refractivity contribution in [1.29, 1.82) is 0 Å². The van der Waals surface area contributed by atoms with Crippen LogP contribution in [-0.2, 0) is 4.79 Å². The molecular weight excluding hydrogens is 343 g/mol. The Hall–Kier alpha value is -2.40. The molecule has 1 atom stereocenters. The van der Waals surface area contributed by atoms with Crippen LogP contribution in [0.3, 0.4) is 0 Å². The molecule has 0 aliphatic rings. The number of aliphatic carboxylic acids is 1. The first-order valence-electron chi connectivity index (χ1n) is 7.77. The summed E-state index contributed by atoms with van der Waals surface area (Å²) in [5, 5.41) is 9.72. The molecule has 4 nitrogen and oxygen atoms in total. The number of hydrogen-bond donors (Lipinski definition) is 2. The SMILES string of the molecule is Cc1cc(-c2c(C)cc(Cl)cc2C)cc([C@H](CC(=O)O)N=CN)c1F. The number of carboxylic acids is 1. The lowest BCUT2D eigenvalue weighted by atomic mass is 9.91. The van der Waals surface area contributed by atoms with Gasteiger partial charge in [0.15, 0.2) is 0 Å². The summed E-state index contributed by atoms with van der Waals surface area (Å²) in [6.45, 7) is 5.51. The minimum Gasteiger partial charge on any atom is -0.481 e. The van der Waals surface area contributed by atoms with Crippen LogP contribution in [-0.4, -0.2) is 17.4 Å². The summed E-state index contributed by atoms with van der Waals surface area (Å²) >= 11 is 6.09. The number of benzene rings is 2. The minimum atomic E-state index is -1.07. The molecule has 0 unspecified atom stereocenters. The van der Waals surface area contributed by atoms with Crippen LogP contribution in [0.4, 0.5) is 4.39 Å². The molecular formula is C19H20ClFN2O2. The Balaban J connectivity index is 2.68. The third-order valence-electron chi connectivity index (χ3n) is 4.06. The van der Waals surface area contributed by atoms with Gasteiger partial charge in [-0.2, -0.15) is 0 Å². The Bertz CT molecular complexity index is 827. The molecule has 0 fully saturated rings. The number of rotatable bonds is 5. The minimum absolute atomic E-state index is 0.216. The van der Waals surface area contributed by atoms with Crippen LogP contribution in [0.25, 0.3) is 11.1 Å². The molecule has 2 rings (SSSR count). The van der Waals surface area contributed by atoms with E-state index in [-0.39, 0.29) is 12.0 Å². The van der Waals surface area contributed by atoms with Crippen LogP contribution in [0.2, 0.25) is 5.02 Å². The lowest BCUT2D eigenvalue weighted by Crippen LogP contribution is -2.09. The average Bonchev–Trinajstić information content (AvgIpc) is 2.48. The van der Waals surface area contributed by atoms with Crippen molar-refractivity contribution in [2.75, 3.05) is 0 Å². The number of hydrogen-bond acceptors (Lipinski definition) is 2. The van der Waals surface area contributed by atoms with Crippen LogP contribution in [0.1, 0.15) is 34.7 Å². The first-order valence-corrected chi connectivity index (χ1v) is 8.14. The van der Waals surface area contributed by atoms with Gasteiger partial charge in [0.2, 0.25) is 0 Å². The normalized spacial score (nSPS) is 12.5. The first kappa shape index (κ1) is 18.9. The molecule has 2 aromatic rings. The number of aryl methyl sites for hydroxylation is 3. The largest absolute Gasteiger partial charge is 0.481 e. The molecule has 0 aliphatic heterocycles. The molecule has 0 saturated carbocycles. The Morgan fingerprint density at radius 1 is 1.24 bits per heavy atom. The second-order valence-corrected chi connectivity index (χ2v) is 6.46. The van der Waals surface area contributed by atoms with E-state index >= 15 is 0 Å². The highest BCUT2D eigenvalue weighted by molar-refractivity contribution is 6.30. The third kappa shape index (κ3) is 4.17. The van der Waals surface area contributed by atoms with Crippen LogP contribution >= 0.6 is 11.6 Å². The van der Waals surface area contributed by atoms with E-state index in [2.05, 4.69) is 4.99 Å². The molecule has 0 heterocycles. The van der Waals surface area contributed by atoms with Crippen molar-refractivity contribution in [3.8, 4) is 11.1 Å². The fraction of sp³-hybridized carbons (Fsp3) is 0.263. The summed E-state index contributed by atoms with van der Waals surface area (Å²) in [5.74, 6) is -1.54. The second-order valence-electron chi connectivity index (χ2n) is 6.02. The van der Waals surface area contributed by atoms with E-state index in [0.717, 1.165) is 28.6 Å². The fourth-order valence-electron chi connectivity index (χ4n) is 3.06. The van der Waals surface area contributed by atoms with Crippen molar-refractivity contribution < 1.29 is 14.3 Å². The van der Waals surface area contributed by atoms with Crippen LogP contribution in [0.15, 0.2) is 29.3 Å². The molecule has 2 aromatic carbocycles. The molecule has 6 heteroatoms. The number of nitrogens with zero attached hydrogens (tertiary/aromatic N) is 1. The van der Waals surface area contributed by atoms with E-state index in [0.29, 0.717) is 10.6 Å². The van der Waals surface area contributed by atoms with Crippen molar-refractivity contribution in [3.63, 3.8) is 0 Å². The topological polar surface area (TPSA) is 75.7 Å². The molecule has 0 spiro atoms. The zero-order valence-corrected chi connectivity index (χ0v) is 15.1. The van der Waals surface area contributed by atoms with Gasteiger partial charge < -0.3 is 10.8 Å². The van der Waals surface area contributed by atoms with Gasteiger partial charge in [-0.1, -0.05) is 11.6 Å². The van der Waals surface area contributed by atoms with Gasteiger partial charge >= 0.3 is 5.97 Å². The number of nitrogens with two attached hydrogens (primary N) is 1. The van der Waals surface area contributed by atoms with Gasteiger partial charge in [-0.15, -0.1) is 0 Å². The highest BCUT2D eigenvalue weighted by atomic mass is 35.5. The lowest BCUT2D eigenvalue weighted by molar-refractivity contribution is -0.137. The van der Waals surface area contributed by atoms with Gasteiger partial charge in [0, 0.05) is 10.6 Å². The highest BCUT2D eigenvalue weighted by Crippen LogP contribution is 2.35. The summed E-state index contributed by atoms with van der Waals surface area (Å²) in [4.78, 5) is 15.0. The number of carbonyl (C=O) groups is 1. The lowest BCUT2D eigenvalue weighted by Gasteiger charge is -2.17. The predicted molar refractivity (Wildman–Crippen MR) is 98.7 cm³/mol. The average molecular weight is 363 g/mol. The monoisotopic (exact) mass is 362 g/mol. The molecule has 25 heavy (non-hydrogen) atoms. The molecule has 0 saturated heterocycles. The number of aliphatic imine (C=N–C) groups is 1. The number of halogens is 2. The second kappa shape index (κ2) is 7.66. The van der Waals surface area contributed by atoms with E-state index in [1.165, 1.54) is 0 Å². The predicted octanol–water partition coefficient (Wildman–Crippen LogP) is 4.57. The Morgan fingerprint density at radius 3 is 2.36 bits per heavy atom. The quantitative estimate of drug-likeness (QED) is 0.604. The van der Waals surface area contributed by atoms with Gasteiger partial charge in [-0.3, -0.25) is 9.79 Å². The van der Waals surface area contributed by atoms with E-state index < -0.39 is 17.8 Å². The van der Waals surface area contributed by atoms with E-state index in [1.807, 2.05) is 26.0 Å². The summed E-state index contributed by atoms with van der Waals surface area (Å²) in [6, 6.07) is 6.19. The molecule has 3 N–H and O–H groups in total. The zero-order chi connectivity index (χ0) is 18.7. The van der Waals surface area contributed by atoms with Crippen LogP contribution in [0, 0.1) is 26.6 Å². The summed E-state index contributed by atoms with van der Waals surface area (Å²) in [6.07, 6.45) is 0.667. The number of carboxylic acid groups (broad SMARTS) is 1. The van der Waals surface area contributed by atoms with Crippen molar-refractivity contribution in [3.05, 3.63) is 57.4 Å². The van der Waals surface area contributed by atoms with E-state index in [9.17, 15) is 9.18 Å². The summed E-state index contributed by atoms with van der Waals surface area (Å²) in [5.41, 5.74) is 9.61. The maximum atomic E-state index is 14.7. The standard InChI is InChI=1S/C19H20ClFN2O2/c1-10-5-14(20)6-11(2)18(10)13-4-12(3)19(21)15(7-13)16(23-9-22)8-17(24)25/h4-7,9,16H,8H2,1-3H3,(H2,22,23)(H,24,25)/t16-/m0/s1. The third-order valence-corrected chi connectivity index (χ3v) is 4.28. The molecule has 132 valence electrons. The maximum Gasteiger partial charge on any atom is 0.305 e. The molecule has 0 aromatic heterocycles. The van der Waals surface area contributed by atoms with Crippen LogP contribution < -0.4 is 5.73 Å². The Morgan fingerprint density at radius 2 is 1.84 bits per heavy atom. The zero-order valence-electron chi connectivity index (χ0n) is 14.3. The van der Waals surface area contributed by atoms with Crippen molar-refractivity contribution in [2.24, 2.45) is 10.7 Å². The van der Waals surface area contributed by atoms with Crippen molar-refractivity contribution in [2.45, 2.75) is 33.2 Å². The maximum absolute atomic E-state index is 14.7. The van der Waals surface area contributed by atoms with Gasteiger partial charge in [-0.05, 0) is 72.9 Å². The van der Waals surface area contributed by atoms with Gasteiger partial charge in [0.1, 0.15) is 5.82 Å². The van der Waals surface area contributed by atoms with Gasteiger partial charge in [0.05, 0.1) is 18.8 Å². The molecule has 0 radical (unpaired) electrons. The fourth-order valence-corrected chi connectivity index (χ4v) is 3.39. The van der Waals surface area contributed by atoms with Gasteiger partial charge in [0.25, 0.3) is 0 Å². The molecule has 0 amide bonds. The van der Waals surface area contributed by atoms with Crippen molar-refractivity contribution >= 4 is 23.9 Å². The Labute approximate surface area is 151 Å². The van der Waals surface area contributed by atoms with Crippen molar-refractivity contribution in [1.82, 2.24) is 0 Å². The molecule has 0 aliphatic carbocycles. The summed E-state index contributed by atoms with van der Waals surface area (Å²) in [7, 11) is 0. The smallest absolute Gasteiger partial charge is 0.305 e. The molecule has 0 bridgehead atoms. The van der Waals surface area contributed by atoms with E-state index in [4.69, 9.17) is 22.4 Å². The summed E-state index contributed by atoms with van der Waals surface area (Å²) < 4.78 is 14.7. The highest BCUT2D eigenvalue weighted by Gasteiger charge is 2.21.